The summed E-state index contributed by atoms with van der Waals surface area (Å²) in [6.45, 7) is 8.47. The summed E-state index contributed by atoms with van der Waals surface area (Å²) in [6, 6.07) is 1.65. The molecule has 0 aromatic rings. The molecule has 2 heterocycles. The van der Waals surface area contributed by atoms with Crippen molar-refractivity contribution in [1.82, 2.24) is 10.2 Å². The first-order chi connectivity index (χ1) is 7.83. The molecule has 2 saturated heterocycles. The van der Waals surface area contributed by atoms with Gasteiger partial charge in [0.05, 0.1) is 0 Å². The van der Waals surface area contributed by atoms with Crippen LogP contribution in [0.15, 0.2) is 0 Å². The first-order valence-electron chi connectivity index (χ1n) is 6.91. The topological polar surface area (TPSA) is 15.3 Å². The summed E-state index contributed by atoms with van der Waals surface area (Å²) in [5.74, 6) is 1.37. The third-order valence-corrected chi connectivity index (χ3v) is 5.30. The Bertz CT molecular complexity index is 204. The summed E-state index contributed by atoms with van der Waals surface area (Å²) < 4.78 is 0. The molecule has 3 heteroatoms. The third kappa shape index (κ3) is 2.93. The fourth-order valence-electron chi connectivity index (χ4n) is 3.15. The van der Waals surface area contributed by atoms with Gasteiger partial charge in [0, 0.05) is 23.9 Å². The van der Waals surface area contributed by atoms with Gasteiger partial charge in [-0.1, -0.05) is 13.8 Å². The molecule has 0 aromatic carbocycles. The van der Waals surface area contributed by atoms with Gasteiger partial charge in [-0.25, -0.2) is 0 Å². The molecule has 2 nitrogen and oxygen atoms in total. The Morgan fingerprint density at radius 1 is 1.38 bits per heavy atom. The van der Waals surface area contributed by atoms with E-state index in [2.05, 4.69) is 35.8 Å². The minimum Gasteiger partial charge on any atom is -0.315 e. The van der Waals surface area contributed by atoms with Crippen LogP contribution in [-0.4, -0.2) is 47.6 Å². The van der Waals surface area contributed by atoms with Crippen molar-refractivity contribution < 1.29 is 0 Å². The van der Waals surface area contributed by atoms with Crippen molar-refractivity contribution in [2.45, 2.75) is 56.9 Å². The van der Waals surface area contributed by atoms with E-state index in [1.165, 1.54) is 51.1 Å². The lowest BCUT2D eigenvalue weighted by Crippen LogP contribution is -2.52. The molecule has 94 valence electrons. The van der Waals surface area contributed by atoms with Crippen molar-refractivity contribution in [3.63, 3.8) is 0 Å². The molecule has 2 rings (SSSR count). The quantitative estimate of drug-likeness (QED) is 0.814. The van der Waals surface area contributed by atoms with Crippen LogP contribution in [0.5, 0.6) is 0 Å². The van der Waals surface area contributed by atoms with Gasteiger partial charge in [0.15, 0.2) is 0 Å². The second-order valence-corrected chi connectivity index (χ2v) is 6.66. The number of hydrogen-bond acceptors (Lipinski definition) is 3. The van der Waals surface area contributed by atoms with Crippen LogP contribution in [0.4, 0.5) is 0 Å². The van der Waals surface area contributed by atoms with E-state index < -0.39 is 0 Å². The Hall–Kier alpha value is 0.270. The van der Waals surface area contributed by atoms with Gasteiger partial charge in [0.25, 0.3) is 0 Å². The van der Waals surface area contributed by atoms with E-state index in [0.29, 0.717) is 0 Å². The maximum Gasteiger partial charge on any atom is 0.0224 e. The second-order valence-electron chi connectivity index (χ2n) is 5.17. The highest BCUT2D eigenvalue weighted by atomic mass is 32.2. The van der Waals surface area contributed by atoms with Gasteiger partial charge in [-0.15, -0.1) is 0 Å². The molecule has 3 atom stereocenters. The lowest BCUT2D eigenvalue weighted by Gasteiger charge is -2.40. The van der Waals surface area contributed by atoms with Crippen molar-refractivity contribution in [1.29, 1.82) is 0 Å². The molecule has 16 heavy (non-hydrogen) atoms. The second kappa shape index (κ2) is 6.27. The summed E-state index contributed by atoms with van der Waals surface area (Å²) in [5.41, 5.74) is 0. The van der Waals surface area contributed by atoms with Gasteiger partial charge in [-0.3, -0.25) is 4.90 Å². The average Bonchev–Trinajstić information content (AvgIpc) is 2.73. The SMILES string of the molecule is CCCN(C1CCCNC1)C1CCSC1C. The third-order valence-electron chi connectivity index (χ3n) is 3.98. The molecule has 0 aromatic heterocycles. The van der Waals surface area contributed by atoms with E-state index in [-0.39, 0.29) is 0 Å². The minimum absolute atomic E-state index is 0.805. The summed E-state index contributed by atoms with van der Waals surface area (Å²) in [4.78, 5) is 2.82. The highest BCUT2D eigenvalue weighted by molar-refractivity contribution is 8.00. The van der Waals surface area contributed by atoms with E-state index in [1.807, 2.05) is 0 Å². The van der Waals surface area contributed by atoms with Gasteiger partial charge >= 0.3 is 0 Å². The Balaban J connectivity index is 1.97. The molecule has 2 aliphatic rings. The zero-order valence-corrected chi connectivity index (χ0v) is 11.6. The van der Waals surface area contributed by atoms with Crippen LogP contribution in [0.25, 0.3) is 0 Å². The molecule has 0 bridgehead atoms. The smallest absolute Gasteiger partial charge is 0.0224 e. The first-order valence-corrected chi connectivity index (χ1v) is 7.96. The zero-order valence-electron chi connectivity index (χ0n) is 10.7. The highest BCUT2D eigenvalue weighted by Gasteiger charge is 2.33. The molecule has 0 radical (unpaired) electrons. The minimum atomic E-state index is 0.805. The highest BCUT2D eigenvalue weighted by Crippen LogP contribution is 2.32. The monoisotopic (exact) mass is 242 g/mol. The Morgan fingerprint density at radius 2 is 2.25 bits per heavy atom. The van der Waals surface area contributed by atoms with E-state index in [0.717, 1.165) is 17.3 Å². The molecule has 2 fully saturated rings. The van der Waals surface area contributed by atoms with Crippen LogP contribution >= 0.6 is 11.8 Å². The summed E-state index contributed by atoms with van der Waals surface area (Å²) in [7, 11) is 0. The lowest BCUT2D eigenvalue weighted by atomic mass is 10.0. The standard InChI is InChI=1S/C13H26N2S/c1-3-8-15(12-5-4-7-14-10-12)13-6-9-16-11(13)2/h11-14H,3-10H2,1-2H3. The van der Waals surface area contributed by atoms with E-state index in [4.69, 9.17) is 0 Å². The zero-order chi connectivity index (χ0) is 11.4. The number of hydrogen-bond donors (Lipinski definition) is 1. The first kappa shape index (κ1) is 12.7. The van der Waals surface area contributed by atoms with Gasteiger partial charge in [-0.05, 0) is 44.5 Å². The Labute approximate surface area is 105 Å². The fourth-order valence-corrected chi connectivity index (χ4v) is 4.41. The van der Waals surface area contributed by atoms with Gasteiger partial charge in [0.1, 0.15) is 0 Å². The molecule has 0 aliphatic carbocycles. The molecule has 2 aliphatic heterocycles. The van der Waals surface area contributed by atoms with Crippen molar-refractivity contribution in [2.24, 2.45) is 0 Å². The van der Waals surface area contributed by atoms with Crippen molar-refractivity contribution >= 4 is 11.8 Å². The van der Waals surface area contributed by atoms with Crippen molar-refractivity contribution in [3.05, 3.63) is 0 Å². The normalized spacial score (nSPS) is 35.8. The summed E-state index contributed by atoms with van der Waals surface area (Å²) >= 11 is 2.16. The van der Waals surface area contributed by atoms with E-state index in [1.54, 1.807) is 0 Å². The summed E-state index contributed by atoms with van der Waals surface area (Å²) in [5, 5.41) is 4.40. The molecular weight excluding hydrogens is 216 g/mol. The molecule has 0 saturated carbocycles. The van der Waals surface area contributed by atoms with Crippen LogP contribution in [0.1, 0.15) is 39.5 Å². The van der Waals surface area contributed by atoms with Crippen LogP contribution < -0.4 is 5.32 Å². The van der Waals surface area contributed by atoms with Crippen LogP contribution in [0, 0.1) is 0 Å². The number of piperidine rings is 1. The van der Waals surface area contributed by atoms with Crippen molar-refractivity contribution in [2.75, 3.05) is 25.4 Å². The molecule has 0 spiro atoms. The predicted octanol–water partition coefficient (Wildman–Crippen LogP) is 2.34. The van der Waals surface area contributed by atoms with Crippen LogP contribution in [0.3, 0.4) is 0 Å². The largest absolute Gasteiger partial charge is 0.315 e. The number of nitrogens with one attached hydrogen (secondary N) is 1. The molecular formula is C13H26N2S. The van der Waals surface area contributed by atoms with Gasteiger partial charge in [0.2, 0.25) is 0 Å². The van der Waals surface area contributed by atoms with Gasteiger partial charge < -0.3 is 5.32 Å². The molecule has 3 unspecified atom stereocenters. The Morgan fingerprint density at radius 3 is 2.81 bits per heavy atom. The number of nitrogens with zero attached hydrogens (tertiary/aromatic N) is 1. The average molecular weight is 242 g/mol. The maximum atomic E-state index is 3.56. The summed E-state index contributed by atoms with van der Waals surface area (Å²) in [6.07, 6.45) is 5.47. The fraction of sp³-hybridized carbons (Fsp3) is 1.00. The van der Waals surface area contributed by atoms with Crippen LogP contribution in [0.2, 0.25) is 0 Å². The maximum absolute atomic E-state index is 3.56. The van der Waals surface area contributed by atoms with E-state index >= 15 is 0 Å². The van der Waals surface area contributed by atoms with Crippen molar-refractivity contribution in [3.8, 4) is 0 Å². The lowest BCUT2D eigenvalue weighted by molar-refractivity contribution is 0.113. The van der Waals surface area contributed by atoms with Gasteiger partial charge in [-0.2, -0.15) is 11.8 Å². The van der Waals surface area contributed by atoms with E-state index in [9.17, 15) is 0 Å². The number of rotatable bonds is 4. The molecule has 1 N–H and O–H groups in total. The Kier molecular flexibility index (Phi) is 4.98. The number of thioether (sulfide) groups is 1. The predicted molar refractivity (Wildman–Crippen MR) is 73.2 cm³/mol. The molecule has 0 amide bonds. The van der Waals surface area contributed by atoms with Crippen LogP contribution in [-0.2, 0) is 0 Å².